The number of carbonyl (C=O) groups excluding carboxylic acids is 1. The van der Waals surface area contributed by atoms with Crippen LogP contribution >= 0.6 is 34.8 Å². The normalized spacial score (nSPS) is 21.4. The summed E-state index contributed by atoms with van der Waals surface area (Å²) in [6.07, 6.45) is 9.60. The predicted octanol–water partition coefficient (Wildman–Crippen LogP) is 5.91. The number of hydrogen-bond acceptors (Lipinski definition) is 3. The van der Waals surface area contributed by atoms with Gasteiger partial charge in [-0.2, -0.15) is 0 Å². The van der Waals surface area contributed by atoms with Gasteiger partial charge in [0.2, 0.25) is 0 Å². The molecule has 1 atom stereocenters. The highest BCUT2D eigenvalue weighted by molar-refractivity contribution is 6.42. The maximum absolute atomic E-state index is 12.8. The van der Waals surface area contributed by atoms with Gasteiger partial charge in [-0.1, -0.05) is 46.9 Å². The maximum atomic E-state index is 12.8. The third-order valence-corrected chi connectivity index (χ3v) is 6.74. The molecule has 30 heavy (non-hydrogen) atoms. The van der Waals surface area contributed by atoms with Gasteiger partial charge in [-0.25, -0.2) is 4.98 Å². The molecule has 1 aromatic carbocycles. The van der Waals surface area contributed by atoms with Crippen molar-refractivity contribution in [2.75, 3.05) is 13.1 Å². The Bertz CT molecular complexity index is 985. The standard InChI is InChI=1S/C23H22Cl3N3O/c24-19-6-5-17(13-20(19)25)22(30)29-11-7-16(8-12-29)14-23(9-2-10-27-23)15-18-3-1-4-21(26)28-18/h1-6,9-10,13,16H,7-8,11-12,14-15H2. The first-order chi connectivity index (χ1) is 14.4. The highest BCUT2D eigenvalue weighted by Gasteiger charge is 2.34. The van der Waals surface area contributed by atoms with Crippen LogP contribution in [0.15, 0.2) is 53.5 Å². The monoisotopic (exact) mass is 461 g/mol. The molecule has 1 unspecified atom stereocenters. The zero-order valence-corrected chi connectivity index (χ0v) is 18.7. The van der Waals surface area contributed by atoms with Crippen LogP contribution in [-0.2, 0) is 6.42 Å². The summed E-state index contributed by atoms with van der Waals surface area (Å²) in [7, 11) is 0. The lowest BCUT2D eigenvalue weighted by Gasteiger charge is -2.36. The van der Waals surface area contributed by atoms with Crippen molar-refractivity contribution in [1.29, 1.82) is 0 Å². The molecule has 4 nitrogen and oxygen atoms in total. The van der Waals surface area contributed by atoms with E-state index in [1.54, 1.807) is 24.3 Å². The Morgan fingerprint density at radius 3 is 2.57 bits per heavy atom. The molecule has 2 aromatic rings. The summed E-state index contributed by atoms with van der Waals surface area (Å²) in [4.78, 5) is 23.9. The minimum Gasteiger partial charge on any atom is -0.339 e. The van der Waals surface area contributed by atoms with Gasteiger partial charge >= 0.3 is 0 Å². The van der Waals surface area contributed by atoms with Gasteiger partial charge in [0.25, 0.3) is 5.91 Å². The first kappa shape index (κ1) is 21.4. The molecule has 4 rings (SSSR count). The Morgan fingerprint density at radius 2 is 1.90 bits per heavy atom. The number of carbonyl (C=O) groups is 1. The summed E-state index contributed by atoms with van der Waals surface area (Å²) in [6, 6.07) is 10.7. The van der Waals surface area contributed by atoms with Crippen molar-refractivity contribution in [3.05, 3.63) is 75.0 Å². The molecule has 1 amide bonds. The van der Waals surface area contributed by atoms with E-state index in [-0.39, 0.29) is 11.4 Å². The first-order valence-electron chi connectivity index (χ1n) is 10.0. The lowest BCUT2D eigenvalue weighted by atomic mass is 9.80. The van der Waals surface area contributed by atoms with E-state index in [4.69, 9.17) is 39.8 Å². The number of benzene rings is 1. The second kappa shape index (κ2) is 9.09. The second-order valence-electron chi connectivity index (χ2n) is 7.94. The number of aliphatic imine (C=N–C) groups is 1. The van der Waals surface area contributed by atoms with E-state index in [2.05, 4.69) is 11.1 Å². The van der Waals surface area contributed by atoms with Crippen LogP contribution in [0.1, 0.15) is 35.3 Å². The predicted molar refractivity (Wildman–Crippen MR) is 123 cm³/mol. The van der Waals surface area contributed by atoms with E-state index >= 15 is 0 Å². The van der Waals surface area contributed by atoms with Crippen LogP contribution in [0, 0.1) is 5.92 Å². The molecule has 1 saturated heterocycles. The van der Waals surface area contributed by atoms with Gasteiger partial charge in [0.1, 0.15) is 5.15 Å². The van der Waals surface area contributed by atoms with Crippen LogP contribution in [-0.4, -0.2) is 40.6 Å². The summed E-state index contributed by atoms with van der Waals surface area (Å²) in [5.74, 6) is 0.491. The summed E-state index contributed by atoms with van der Waals surface area (Å²) >= 11 is 18.1. The van der Waals surface area contributed by atoms with Gasteiger partial charge in [-0.3, -0.25) is 9.79 Å². The number of amides is 1. The Labute approximate surface area is 191 Å². The Balaban J connectivity index is 1.38. The number of piperidine rings is 1. The van der Waals surface area contributed by atoms with E-state index in [0.29, 0.717) is 26.7 Å². The molecule has 0 radical (unpaired) electrons. The van der Waals surface area contributed by atoms with Crippen molar-refractivity contribution in [3.8, 4) is 0 Å². The molecule has 156 valence electrons. The minimum atomic E-state index is -0.280. The summed E-state index contributed by atoms with van der Waals surface area (Å²) in [5.41, 5.74) is 1.24. The number of aromatic nitrogens is 1. The molecule has 0 aliphatic carbocycles. The molecule has 1 aromatic heterocycles. The number of allylic oxidation sites excluding steroid dienone is 1. The summed E-state index contributed by atoms with van der Waals surface area (Å²) in [5, 5.41) is 1.36. The van der Waals surface area contributed by atoms with Crippen LogP contribution < -0.4 is 0 Å². The minimum absolute atomic E-state index is 0.00337. The zero-order chi connectivity index (χ0) is 21.1. The Morgan fingerprint density at radius 1 is 1.10 bits per heavy atom. The second-order valence-corrected chi connectivity index (χ2v) is 9.14. The lowest BCUT2D eigenvalue weighted by Crippen LogP contribution is -2.40. The van der Waals surface area contributed by atoms with Crippen molar-refractivity contribution in [2.45, 2.75) is 31.2 Å². The molecule has 1 fully saturated rings. The maximum Gasteiger partial charge on any atom is 0.253 e. The van der Waals surface area contributed by atoms with Crippen molar-refractivity contribution in [3.63, 3.8) is 0 Å². The average Bonchev–Trinajstić information content (AvgIpc) is 3.18. The highest BCUT2D eigenvalue weighted by Crippen LogP contribution is 2.34. The fraction of sp³-hybridized carbons (Fsp3) is 0.348. The topological polar surface area (TPSA) is 45.6 Å². The van der Waals surface area contributed by atoms with Crippen LogP contribution in [0.2, 0.25) is 15.2 Å². The molecule has 0 N–H and O–H groups in total. The number of pyridine rings is 1. The van der Waals surface area contributed by atoms with Gasteiger partial charge in [-0.15, -0.1) is 0 Å². The van der Waals surface area contributed by atoms with Gasteiger partial charge in [-0.05, 0) is 61.6 Å². The molecule has 0 saturated carbocycles. The number of rotatable bonds is 5. The third kappa shape index (κ3) is 4.88. The van der Waals surface area contributed by atoms with Gasteiger partial charge < -0.3 is 4.90 Å². The molecule has 2 aliphatic rings. The van der Waals surface area contributed by atoms with Crippen LogP contribution in [0.3, 0.4) is 0 Å². The van der Waals surface area contributed by atoms with E-state index in [9.17, 15) is 4.79 Å². The number of hydrogen-bond donors (Lipinski definition) is 0. The van der Waals surface area contributed by atoms with E-state index in [1.807, 2.05) is 29.3 Å². The average molecular weight is 463 g/mol. The van der Waals surface area contributed by atoms with Crippen LogP contribution in [0.5, 0.6) is 0 Å². The van der Waals surface area contributed by atoms with E-state index in [1.165, 1.54) is 0 Å². The largest absolute Gasteiger partial charge is 0.339 e. The fourth-order valence-electron chi connectivity index (χ4n) is 4.27. The molecular formula is C23H22Cl3N3O. The number of halogens is 3. The lowest BCUT2D eigenvalue weighted by molar-refractivity contribution is 0.0679. The Kier molecular flexibility index (Phi) is 6.47. The van der Waals surface area contributed by atoms with E-state index in [0.717, 1.165) is 44.5 Å². The fourth-order valence-corrected chi connectivity index (χ4v) is 4.75. The smallest absolute Gasteiger partial charge is 0.253 e. The van der Waals surface area contributed by atoms with Crippen molar-refractivity contribution < 1.29 is 4.79 Å². The summed E-state index contributed by atoms with van der Waals surface area (Å²) in [6.45, 7) is 1.45. The van der Waals surface area contributed by atoms with Crippen molar-refractivity contribution in [2.24, 2.45) is 10.9 Å². The third-order valence-electron chi connectivity index (χ3n) is 5.79. The van der Waals surface area contributed by atoms with Gasteiger partial charge in [0.15, 0.2) is 0 Å². The summed E-state index contributed by atoms with van der Waals surface area (Å²) < 4.78 is 0. The zero-order valence-electron chi connectivity index (χ0n) is 16.4. The van der Waals surface area contributed by atoms with E-state index < -0.39 is 0 Å². The first-order valence-corrected chi connectivity index (χ1v) is 11.2. The van der Waals surface area contributed by atoms with Crippen molar-refractivity contribution in [1.82, 2.24) is 9.88 Å². The number of likely N-dealkylation sites (tertiary alicyclic amines) is 1. The number of nitrogens with zero attached hydrogens (tertiary/aromatic N) is 3. The van der Waals surface area contributed by atoms with Crippen LogP contribution in [0.25, 0.3) is 0 Å². The molecule has 2 aliphatic heterocycles. The van der Waals surface area contributed by atoms with Crippen molar-refractivity contribution >= 4 is 46.9 Å². The Hall–Kier alpha value is -1.88. The van der Waals surface area contributed by atoms with Gasteiger partial charge in [0, 0.05) is 37.0 Å². The van der Waals surface area contributed by atoms with Gasteiger partial charge in [0.05, 0.1) is 15.6 Å². The SMILES string of the molecule is O=C(c1ccc(Cl)c(Cl)c1)N1CCC(CC2(Cc3cccc(Cl)n3)C=CC=N2)CC1. The molecule has 3 heterocycles. The molecule has 7 heteroatoms. The highest BCUT2D eigenvalue weighted by atomic mass is 35.5. The molecule has 0 spiro atoms. The molecule has 0 bridgehead atoms. The molecular weight excluding hydrogens is 441 g/mol. The quantitative estimate of drug-likeness (QED) is 0.519. The van der Waals surface area contributed by atoms with Crippen LogP contribution in [0.4, 0.5) is 0 Å².